The Kier molecular flexibility index (Phi) is 6.33. The molecule has 3 amide bonds. The smallest absolute Gasteiger partial charge is 0.319 e. The first kappa shape index (κ1) is 20.6. The summed E-state index contributed by atoms with van der Waals surface area (Å²) in [4.78, 5) is 28.4. The molecule has 3 N–H and O–H groups in total. The second kappa shape index (κ2) is 8.91. The van der Waals surface area contributed by atoms with Crippen molar-refractivity contribution in [1.82, 2.24) is 20.2 Å². The van der Waals surface area contributed by atoms with Crippen LogP contribution >= 0.6 is 11.6 Å². The molecule has 0 aliphatic rings. The first-order chi connectivity index (χ1) is 13.8. The van der Waals surface area contributed by atoms with E-state index in [1.807, 2.05) is 24.5 Å². The minimum atomic E-state index is -0.547. The van der Waals surface area contributed by atoms with Crippen LogP contribution in [-0.4, -0.2) is 34.1 Å². The number of aromatic nitrogens is 2. The zero-order valence-electron chi connectivity index (χ0n) is 16.0. The number of imidazole rings is 1. The number of urea groups is 1. The molecule has 0 radical (unpaired) electrons. The van der Waals surface area contributed by atoms with Crippen molar-refractivity contribution in [2.45, 2.75) is 26.4 Å². The number of amides is 3. The molecule has 1 aromatic heterocycles. The summed E-state index contributed by atoms with van der Waals surface area (Å²) < 4.78 is 15.0. The quantitative estimate of drug-likeness (QED) is 0.570. The molecule has 3 aromatic rings. The molecule has 0 bridgehead atoms. The number of rotatable bonds is 6. The highest BCUT2D eigenvalue weighted by molar-refractivity contribution is 6.31. The topological polar surface area (TPSA) is 88.1 Å². The number of halogens is 2. The van der Waals surface area contributed by atoms with Gasteiger partial charge in [0.25, 0.3) is 5.91 Å². The van der Waals surface area contributed by atoms with Crippen LogP contribution < -0.4 is 16.0 Å². The molecule has 152 valence electrons. The number of hydrogen-bond donors (Lipinski definition) is 3. The van der Waals surface area contributed by atoms with Gasteiger partial charge in [-0.25, -0.2) is 14.2 Å². The fourth-order valence-electron chi connectivity index (χ4n) is 2.77. The molecule has 0 saturated heterocycles. The average molecular weight is 418 g/mol. The molecule has 0 atom stereocenters. The summed E-state index contributed by atoms with van der Waals surface area (Å²) in [6, 6.07) is 8.90. The van der Waals surface area contributed by atoms with Crippen molar-refractivity contribution in [3.05, 3.63) is 59.1 Å². The first-order valence-corrected chi connectivity index (χ1v) is 9.47. The SMILES string of the molecule is CC(C)NC(=O)c1ccc2c(c1)ncn2CCNC(=O)Nc1ccc(F)c(Cl)c1. The second-order valence-electron chi connectivity index (χ2n) is 6.78. The van der Waals surface area contributed by atoms with Crippen molar-refractivity contribution >= 4 is 40.3 Å². The maximum Gasteiger partial charge on any atom is 0.319 e. The van der Waals surface area contributed by atoms with E-state index in [0.717, 1.165) is 5.52 Å². The van der Waals surface area contributed by atoms with E-state index in [0.29, 0.717) is 29.9 Å². The van der Waals surface area contributed by atoms with Crippen LogP contribution in [0.1, 0.15) is 24.2 Å². The van der Waals surface area contributed by atoms with Gasteiger partial charge in [0.05, 0.1) is 22.4 Å². The summed E-state index contributed by atoms with van der Waals surface area (Å²) in [7, 11) is 0. The maximum atomic E-state index is 13.2. The molecular weight excluding hydrogens is 397 g/mol. The van der Waals surface area contributed by atoms with Crippen LogP contribution in [0.4, 0.5) is 14.9 Å². The van der Waals surface area contributed by atoms with Crippen LogP contribution in [0.25, 0.3) is 11.0 Å². The lowest BCUT2D eigenvalue weighted by atomic mass is 10.2. The Morgan fingerprint density at radius 1 is 1.21 bits per heavy atom. The number of fused-ring (bicyclic) bond motifs is 1. The van der Waals surface area contributed by atoms with E-state index in [1.54, 1.807) is 18.5 Å². The van der Waals surface area contributed by atoms with Crippen LogP contribution in [0.15, 0.2) is 42.7 Å². The van der Waals surface area contributed by atoms with E-state index in [2.05, 4.69) is 20.9 Å². The highest BCUT2D eigenvalue weighted by Crippen LogP contribution is 2.19. The second-order valence-corrected chi connectivity index (χ2v) is 7.19. The Morgan fingerprint density at radius 2 is 2.00 bits per heavy atom. The summed E-state index contributed by atoms with van der Waals surface area (Å²) in [5.41, 5.74) is 2.51. The zero-order valence-corrected chi connectivity index (χ0v) is 16.8. The van der Waals surface area contributed by atoms with Crippen LogP contribution in [0.3, 0.4) is 0 Å². The predicted molar refractivity (Wildman–Crippen MR) is 111 cm³/mol. The zero-order chi connectivity index (χ0) is 21.0. The third-order valence-electron chi connectivity index (χ3n) is 4.12. The Morgan fingerprint density at radius 3 is 2.72 bits per heavy atom. The van der Waals surface area contributed by atoms with Gasteiger partial charge in [0.2, 0.25) is 0 Å². The molecular formula is C20H21ClFN5O2. The standard InChI is InChI=1S/C20H21ClFN5O2/c1-12(2)25-19(28)13-3-6-18-17(9-13)24-11-27(18)8-7-23-20(29)26-14-4-5-16(22)15(21)10-14/h3-6,9-12H,7-8H2,1-2H3,(H,25,28)(H2,23,26,29). The van der Waals surface area contributed by atoms with Crippen LogP contribution in [-0.2, 0) is 6.54 Å². The summed E-state index contributed by atoms with van der Waals surface area (Å²) in [6.45, 7) is 4.64. The monoisotopic (exact) mass is 417 g/mol. The maximum absolute atomic E-state index is 13.2. The molecule has 1 heterocycles. The number of anilines is 1. The number of nitrogens with zero attached hydrogens (tertiary/aromatic N) is 2. The summed E-state index contributed by atoms with van der Waals surface area (Å²) in [6.07, 6.45) is 1.66. The van der Waals surface area contributed by atoms with Crippen LogP contribution in [0.2, 0.25) is 5.02 Å². The molecule has 2 aromatic carbocycles. The largest absolute Gasteiger partial charge is 0.350 e. The van der Waals surface area contributed by atoms with Gasteiger partial charge < -0.3 is 20.5 Å². The third kappa shape index (κ3) is 5.23. The fourth-order valence-corrected chi connectivity index (χ4v) is 2.95. The predicted octanol–water partition coefficient (Wildman–Crippen LogP) is 3.79. The van der Waals surface area contributed by atoms with Gasteiger partial charge in [-0.05, 0) is 50.2 Å². The van der Waals surface area contributed by atoms with Crippen molar-refractivity contribution in [2.24, 2.45) is 0 Å². The van der Waals surface area contributed by atoms with Crippen LogP contribution in [0.5, 0.6) is 0 Å². The van der Waals surface area contributed by atoms with Gasteiger partial charge in [-0.15, -0.1) is 0 Å². The van der Waals surface area contributed by atoms with E-state index >= 15 is 0 Å². The van der Waals surface area contributed by atoms with E-state index in [9.17, 15) is 14.0 Å². The van der Waals surface area contributed by atoms with E-state index in [4.69, 9.17) is 11.6 Å². The number of benzene rings is 2. The van der Waals surface area contributed by atoms with E-state index in [-0.39, 0.29) is 17.0 Å². The molecule has 0 aliphatic carbocycles. The van der Waals surface area contributed by atoms with Gasteiger partial charge in [-0.1, -0.05) is 11.6 Å². The number of hydrogen-bond acceptors (Lipinski definition) is 3. The summed E-state index contributed by atoms with van der Waals surface area (Å²) >= 11 is 5.70. The lowest BCUT2D eigenvalue weighted by Gasteiger charge is -2.10. The molecule has 0 unspecified atom stereocenters. The van der Waals surface area contributed by atoms with Crippen molar-refractivity contribution in [1.29, 1.82) is 0 Å². The minimum absolute atomic E-state index is 0.0545. The fraction of sp³-hybridized carbons (Fsp3) is 0.250. The molecule has 3 rings (SSSR count). The number of carbonyl (C=O) groups is 2. The number of carbonyl (C=O) groups excluding carboxylic acids is 2. The number of nitrogens with one attached hydrogen (secondary N) is 3. The minimum Gasteiger partial charge on any atom is -0.350 e. The summed E-state index contributed by atoms with van der Waals surface area (Å²) in [5.74, 6) is -0.690. The van der Waals surface area contributed by atoms with Crippen molar-refractivity contribution in [2.75, 3.05) is 11.9 Å². The average Bonchev–Trinajstić information content (AvgIpc) is 3.06. The Labute approximate surface area is 172 Å². The molecule has 0 fully saturated rings. The Bertz CT molecular complexity index is 1050. The third-order valence-corrected chi connectivity index (χ3v) is 4.41. The molecule has 0 spiro atoms. The molecule has 0 saturated carbocycles. The van der Waals surface area contributed by atoms with Gasteiger partial charge in [0, 0.05) is 30.4 Å². The normalized spacial score (nSPS) is 10.9. The van der Waals surface area contributed by atoms with Crippen LogP contribution in [0, 0.1) is 5.82 Å². The van der Waals surface area contributed by atoms with E-state index < -0.39 is 11.8 Å². The van der Waals surface area contributed by atoms with Crippen molar-refractivity contribution in [3.8, 4) is 0 Å². The molecule has 0 aliphatic heterocycles. The van der Waals surface area contributed by atoms with E-state index in [1.165, 1.54) is 18.2 Å². The van der Waals surface area contributed by atoms with Crippen molar-refractivity contribution in [3.63, 3.8) is 0 Å². The van der Waals surface area contributed by atoms with Gasteiger partial charge >= 0.3 is 6.03 Å². The Balaban J connectivity index is 1.57. The molecule has 29 heavy (non-hydrogen) atoms. The lowest BCUT2D eigenvalue weighted by Crippen LogP contribution is -2.31. The highest BCUT2D eigenvalue weighted by Gasteiger charge is 2.10. The van der Waals surface area contributed by atoms with Gasteiger partial charge in [0.1, 0.15) is 5.82 Å². The van der Waals surface area contributed by atoms with Gasteiger partial charge in [0.15, 0.2) is 0 Å². The highest BCUT2D eigenvalue weighted by atomic mass is 35.5. The molecule has 9 heteroatoms. The first-order valence-electron chi connectivity index (χ1n) is 9.09. The summed E-state index contributed by atoms with van der Waals surface area (Å²) in [5, 5.41) is 8.10. The Hall–Kier alpha value is -3.13. The van der Waals surface area contributed by atoms with Crippen molar-refractivity contribution < 1.29 is 14.0 Å². The van der Waals surface area contributed by atoms with Gasteiger partial charge in [-0.3, -0.25) is 4.79 Å². The lowest BCUT2D eigenvalue weighted by molar-refractivity contribution is 0.0943. The molecule has 7 nitrogen and oxygen atoms in total. The van der Waals surface area contributed by atoms with Gasteiger partial charge in [-0.2, -0.15) is 0 Å².